The largest absolute Gasteiger partial charge is 0.469 e. The number of methoxy groups -OCH3 is 1. The van der Waals surface area contributed by atoms with Crippen molar-refractivity contribution in [2.75, 3.05) is 19.9 Å². The maximum atomic E-state index is 12.1. The van der Waals surface area contributed by atoms with Gasteiger partial charge in [0, 0.05) is 12.7 Å². The van der Waals surface area contributed by atoms with Gasteiger partial charge in [-0.25, -0.2) is 4.98 Å². The Bertz CT molecular complexity index is 475. The molecular formula is C13H18N2O3S. The Balaban J connectivity index is 2.73. The molecule has 104 valence electrons. The van der Waals surface area contributed by atoms with E-state index in [1.807, 2.05) is 6.26 Å². The Kier molecular flexibility index (Phi) is 5.35. The molecule has 0 aliphatic rings. The first-order valence-corrected chi connectivity index (χ1v) is 7.00. The number of hydrogen-bond donors (Lipinski definition) is 1. The van der Waals surface area contributed by atoms with Crippen LogP contribution in [-0.4, -0.2) is 36.8 Å². The molecule has 0 bridgehead atoms. The van der Waals surface area contributed by atoms with E-state index in [9.17, 15) is 9.59 Å². The van der Waals surface area contributed by atoms with Crippen LogP contribution < -0.4 is 5.32 Å². The fourth-order valence-corrected chi connectivity index (χ4v) is 2.02. The number of ether oxygens (including phenoxy) is 1. The molecule has 1 aromatic heterocycles. The van der Waals surface area contributed by atoms with Crippen LogP contribution in [0.5, 0.6) is 0 Å². The van der Waals surface area contributed by atoms with Crippen molar-refractivity contribution in [2.24, 2.45) is 5.41 Å². The van der Waals surface area contributed by atoms with E-state index in [-0.39, 0.29) is 18.4 Å². The van der Waals surface area contributed by atoms with Gasteiger partial charge in [0.05, 0.1) is 18.1 Å². The van der Waals surface area contributed by atoms with E-state index >= 15 is 0 Å². The van der Waals surface area contributed by atoms with Crippen molar-refractivity contribution in [1.82, 2.24) is 10.3 Å². The molecule has 1 N–H and O–H groups in total. The van der Waals surface area contributed by atoms with Gasteiger partial charge in [-0.15, -0.1) is 11.8 Å². The second-order valence-electron chi connectivity index (χ2n) is 4.62. The van der Waals surface area contributed by atoms with Crippen LogP contribution in [0.1, 0.15) is 24.2 Å². The molecule has 0 spiro atoms. The number of carbonyl (C=O) groups is 2. The first-order valence-electron chi connectivity index (χ1n) is 5.78. The molecule has 0 atom stereocenters. The SMILES string of the molecule is COC(=O)C(C)(C)CNC(=O)c1cccnc1SC. The monoisotopic (exact) mass is 282 g/mol. The van der Waals surface area contributed by atoms with Crippen molar-refractivity contribution in [3.63, 3.8) is 0 Å². The van der Waals surface area contributed by atoms with E-state index in [4.69, 9.17) is 4.74 Å². The number of amides is 1. The molecule has 0 aliphatic heterocycles. The minimum Gasteiger partial charge on any atom is -0.469 e. The topological polar surface area (TPSA) is 68.3 Å². The second-order valence-corrected chi connectivity index (χ2v) is 5.41. The summed E-state index contributed by atoms with van der Waals surface area (Å²) in [6, 6.07) is 3.42. The number of esters is 1. The number of aromatic nitrogens is 1. The van der Waals surface area contributed by atoms with Crippen LogP contribution in [0.25, 0.3) is 0 Å². The second kappa shape index (κ2) is 6.56. The van der Waals surface area contributed by atoms with E-state index in [2.05, 4.69) is 10.3 Å². The number of hydrogen-bond acceptors (Lipinski definition) is 5. The molecular weight excluding hydrogens is 264 g/mol. The standard InChI is InChI=1S/C13H18N2O3S/c1-13(2,12(17)18-3)8-15-10(16)9-6-5-7-14-11(9)19-4/h5-7H,8H2,1-4H3,(H,15,16). The predicted molar refractivity (Wildman–Crippen MR) is 74.1 cm³/mol. The zero-order chi connectivity index (χ0) is 14.5. The number of carbonyl (C=O) groups excluding carboxylic acids is 2. The summed E-state index contributed by atoms with van der Waals surface area (Å²) in [5.41, 5.74) is -0.248. The number of nitrogens with zero attached hydrogens (tertiary/aromatic N) is 1. The normalized spacial score (nSPS) is 10.9. The third-order valence-electron chi connectivity index (χ3n) is 2.64. The molecule has 6 heteroatoms. The van der Waals surface area contributed by atoms with Crippen LogP contribution in [0.15, 0.2) is 23.4 Å². The van der Waals surface area contributed by atoms with Crippen molar-refractivity contribution in [1.29, 1.82) is 0 Å². The highest BCUT2D eigenvalue weighted by atomic mass is 32.2. The molecule has 19 heavy (non-hydrogen) atoms. The van der Waals surface area contributed by atoms with Crippen LogP contribution in [0.4, 0.5) is 0 Å². The summed E-state index contributed by atoms with van der Waals surface area (Å²) in [6.45, 7) is 3.65. The number of pyridine rings is 1. The highest BCUT2D eigenvalue weighted by Crippen LogP contribution is 2.18. The summed E-state index contributed by atoms with van der Waals surface area (Å²) in [5.74, 6) is -0.599. The van der Waals surface area contributed by atoms with E-state index in [1.165, 1.54) is 18.9 Å². The minimum absolute atomic E-state index is 0.210. The summed E-state index contributed by atoms with van der Waals surface area (Å²) in [4.78, 5) is 27.7. The van der Waals surface area contributed by atoms with Gasteiger partial charge in [0.2, 0.25) is 0 Å². The maximum absolute atomic E-state index is 12.1. The van der Waals surface area contributed by atoms with Crippen molar-refractivity contribution in [3.05, 3.63) is 23.9 Å². The molecule has 0 unspecified atom stereocenters. The molecule has 0 saturated heterocycles. The van der Waals surface area contributed by atoms with E-state index in [0.29, 0.717) is 10.6 Å². The van der Waals surface area contributed by atoms with Crippen LogP contribution in [0.3, 0.4) is 0 Å². The predicted octanol–water partition coefficient (Wildman–Crippen LogP) is 1.73. The molecule has 1 rings (SSSR count). The number of thioether (sulfide) groups is 1. The summed E-state index contributed by atoms with van der Waals surface area (Å²) in [6.07, 6.45) is 3.50. The van der Waals surface area contributed by atoms with Gasteiger partial charge < -0.3 is 10.1 Å². The first-order chi connectivity index (χ1) is 8.92. The van der Waals surface area contributed by atoms with E-state index in [0.717, 1.165) is 0 Å². The van der Waals surface area contributed by atoms with Crippen LogP contribution in [0, 0.1) is 5.41 Å². The summed E-state index contributed by atoms with van der Waals surface area (Å²) >= 11 is 1.40. The van der Waals surface area contributed by atoms with Gasteiger partial charge in [-0.05, 0) is 32.2 Å². The molecule has 1 aromatic rings. The average molecular weight is 282 g/mol. The Morgan fingerprint density at radius 2 is 2.16 bits per heavy atom. The van der Waals surface area contributed by atoms with Crippen molar-refractivity contribution in [2.45, 2.75) is 18.9 Å². The van der Waals surface area contributed by atoms with Crippen LogP contribution >= 0.6 is 11.8 Å². The van der Waals surface area contributed by atoms with Gasteiger partial charge in [-0.1, -0.05) is 0 Å². The molecule has 1 amide bonds. The van der Waals surface area contributed by atoms with Gasteiger partial charge in [-0.3, -0.25) is 9.59 Å². The first kappa shape index (κ1) is 15.5. The Hall–Kier alpha value is -1.56. The average Bonchev–Trinajstić information content (AvgIpc) is 2.43. The molecule has 0 aliphatic carbocycles. The third kappa shape index (κ3) is 3.96. The van der Waals surface area contributed by atoms with Crippen LogP contribution in [0.2, 0.25) is 0 Å². The Morgan fingerprint density at radius 1 is 1.47 bits per heavy atom. The van der Waals surface area contributed by atoms with E-state index < -0.39 is 5.41 Å². The summed E-state index contributed by atoms with van der Waals surface area (Å²) < 4.78 is 4.69. The van der Waals surface area contributed by atoms with Gasteiger partial charge in [0.15, 0.2) is 0 Å². The molecule has 5 nitrogen and oxygen atoms in total. The number of rotatable bonds is 5. The van der Waals surface area contributed by atoms with Gasteiger partial charge in [0.1, 0.15) is 5.03 Å². The lowest BCUT2D eigenvalue weighted by atomic mass is 9.93. The zero-order valence-corrected chi connectivity index (χ0v) is 12.3. The lowest BCUT2D eigenvalue weighted by Crippen LogP contribution is -2.39. The van der Waals surface area contributed by atoms with Gasteiger partial charge >= 0.3 is 5.97 Å². The van der Waals surface area contributed by atoms with Crippen molar-refractivity contribution < 1.29 is 14.3 Å². The van der Waals surface area contributed by atoms with Crippen LogP contribution in [-0.2, 0) is 9.53 Å². The molecule has 0 saturated carbocycles. The fourth-order valence-electron chi connectivity index (χ4n) is 1.47. The lowest BCUT2D eigenvalue weighted by Gasteiger charge is -2.21. The molecule has 0 radical (unpaired) electrons. The summed E-state index contributed by atoms with van der Waals surface area (Å²) in [5, 5.41) is 3.40. The quantitative estimate of drug-likeness (QED) is 0.658. The summed E-state index contributed by atoms with van der Waals surface area (Å²) in [7, 11) is 1.33. The number of nitrogens with one attached hydrogen (secondary N) is 1. The van der Waals surface area contributed by atoms with Gasteiger partial charge in [0.25, 0.3) is 5.91 Å². The molecule has 0 aromatic carbocycles. The van der Waals surface area contributed by atoms with Crippen molar-refractivity contribution >= 4 is 23.6 Å². The Morgan fingerprint density at radius 3 is 2.74 bits per heavy atom. The lowest BCUT2D eigenvalue weighted by molar-refractivity contribution is -0.150. The highest BCUT2D eigenvalue weighted by Gasteiger charge is 2.29. The Labute approximate surface area is 117 Å². The molecule has 1 heterocycles. The fraction of sp³-hybridized carbons (Fsp3) is 0.462. The van der Waals surface area contributed by atoms with Gasteiger partial charge in [-0.2, -0.15) is 0 Å². The minimum atomic E-state index is -0.758. The third-order valence-corrected chi connectivity index (χ3v) is 3.35. The van der Waals surface area contributed by atoms with Crippen molar-refractivity contribution in [3.8, 4) is 0 Å². The smallest absolute Gasteiger partial charge is 0.313 e. The van der Waals surface area contributed by atoms with E-state index in [1.54, 1.807) is 32.2 Å². The maximum Gasteiger partial charge on any atom is 0.313 e. The highest BCUT2D eigenvalue weighted by molar-refractivity contribution is 7.98. The zero-order valence-electron chi connectivity index (χ0n) is 11.5. The molecule has 0 fully saturated rings.